The molecule has 2 N–H and O–H groups in total. The topological polar surface area (TPSA) is 97.9 Å². The number of aromatic nitrogens is 2. The van der Waals surface area contributed by atoms with Crippen molar-refractivity contribution >= 4 is 17.3 Å². The van der Waals surface area contributed by atoms with E-state index in [1.54, 1.807) is 0 Å². The molecule has 1 aliphatic heterocycles. The van der Waals surface area contributed by atoms with Gasteiger partial charge in [-0.3, -0.25) is 10.1 Å². The van der Waals surface area contributed by atoms with Crippen molar-refractivity contribution in [1.29, 1.82) is 0 Å². The molecule has 2 heterocycles. The summed E-state index contributed by atoms with van der Waals surface area (Å²) in [4.78, 5) is 22.2. The maximum absolute atomic E-state index is 11.4. The highest BCUT2D eigenvalue weighted by Gasteiger charge is 2.27. The van der Waals surface area contributed by atoms with Gasteiger partial charge in [-0.15, -0.1) is 0 Å². The third kappa shape index (κ3) is 3.99. The van der Waals surface area contributed by atoms with E-state index in [0.29, 0.717) is 38.7 Å². The molecule has 0 spiro atoms. The van der Waals surface area contributed by atoms with E-state index >= 15 is 0 Å². The Morgan fingerprint density at radius 3 is 2.76 bits per heavy atom. The second-order valence-corrected chi connectivity index (χ2v) is 5.13. The van der Waals surface area contributed by atoms with Crippen molar-refractivity contribution in [3.63, 3.8) is 0 Å². The second-order valence-electron chi connectivity index (χ2n) is 5.13. The summed E-state index contributed by atoms with van der Waals surface area (Å²) in [5.74, 6) is 0.635. The molecule has 0 radical (unpaired) electrons. The molecule has 9 nitrogen and oxygen atoms in total. The Bertz CT molecular complexity index is 490. The van der Waals surface area contributed by atoms with Gasteiger partial charge in [-0.25, -0.2) is 9.97 Å². The zero-order valence-corrected chi connectivity index (χ0v) is 12.3. The van der Waals surface area contributed by atoms with Crippen LogP contribution in [0.15, 0.2) is 6.33 Å². The summed E-state index contributed by atoms with van der Waals surface area (Å²) in [6.45, 7) is 3.75. The Morgan fingerprint density at radius 2 is 2.14 bits per heavy atom. The van der Waals surface area contributed by atoms with Crippen molar-refractivity contribution < 1.29 is 14.6 Å². The van der Waals surface area contributed by atoms with E-state index in [-0.39, 0.29) is 11.5 Å². The molecule has 1 aromatic heterocycles. The third-order valence-electron chi connectivity index (χ3n) is 3.21. The third-order valence-corrected chi connectivity index (χ3v) is 3.21. The summed E-state index contributed by atoms with van der Waals surface area (Å²) in [6.07, 6.45) is 1.36. The van der Waals surface area contributed by atoms with Gasteiger partial charge in [-0.2, -0.15) is 0 Å². The molecule has 0 unspecified atom stereocenters. The van der Waals surface area contributed by atoms with Crippen molar-refractivity contribution in [3.05, 3.63) is 16.4 Å². The van der Waals surface area contributed by atoms with Crippen molar-refractivity contribution in [3.8, 4) is 0 Å². The molecule has 9 heteroatoms. The Hall–Kier alpha value is -2.00. The van der Waals surface area contributed by atoms with Crippen LogP contribution >= 0.6 is 0 Å². The van der Waals surface area contributed by atoms with Crippen LogP contribution in [0.2, 0.25) is 0 Å². The van der Waals surface area contributed by atoms with Gasteiger partial charge in [0, 0.05) is 13.1 Å². The molecule has 0 bridgehead atoms. The molecule has 0 saturated carbocycles. The van der Waals surface area contributed by atoms with Crippen molar-refractivity contribution in [2.45, 2.75) is 0 Å². The lowest BCUT2D eigenvalue weighted by molar-refractivity contribution is -0.856. The normalized spacial score (nSPS) is 15.3. The maximum Gasteiger partial charge on any atom is 0.353 e. The monoisotopic (exact) mass is 297 g/mol. The number of quaternary nitrogens is 1. The fourth-order valence-corrected chi connectivity index (χ4v) is 2.10. The van der Waals surface area contributed by atoms with Gasteiger partial charge in [0.1, 0.15) is 6.33 Å². The Balaban J connectivity index is 2.21. The van der Waals surface area contributed by atoms with Gasteiger partial charge in [-0.05, 0) is 0 Å². The molecule has 1 saturated heterocycles. The quantitative estimate of drug-likeness (QED) is 0.501. The highest BCUT2D eigenvalue weighted by molar-refractivity contribution is 5.70. The van der Waals surface area contributed by atoms with Crippen molar-refractivity contribution in [2.24, 2.45) is 0 Å². The fourth-order valence-electron chi connectivity index (χ4n) is 2.10. The molecule has 0 amide bonds. The van der Waals surface area contributed by atoms with Crippen LogP contribution in [0.25, 0.3) is 0 Å². The predicted octanol–water partition coefficient (Wildman–Crippen LogP) is -1.22. The molecular formula is C12H21N6O3+. The van der Waals surface area contributed by atoms with Gasteiger partial charge in [0.15, 0.2) is 0 Å². The summed E-state index contributed by atoms with van der Waals surface area (Å²) in [6, 6.07) is 0. The zero-order valence-electron chi connectivity index (χ0n) is 12.3. The van der Waals surface area contributed by atoms with Crippen LogP contribution in [0.4, 0.5) is 17.3 Å². The molecule has 0 aliphatic carbocycles. The van der Waals surface area contributed by atoms with Gasteiger partial charge < -0.3 is 19.9 Å². The van der Waals surface area contributed by atoms with E-state index in [1.165, 1.54) is 11.2 Å². The minimum absolute atomic E-state index is 0.0619. The first-order valence-electron chi connectivity index (χ1n) is 6.94. The van der Waals surface area contributed by atoms with E-state index in [0.717, 1.165) is 6.54 Å². The molecule has 21 heavy (non-hydrogen) atoms. The number of rotatable bonds is 6. The lowest BCUT2D eigenvalue weighted by Gasteiger charge is -2.27. The minimum atomic E-state index is -0.421. The lowest BCUT2D eigenvalue weighted by atomic mass is 10.3. The standard InChI is InChI=1S/C12H20N6O3/c1-16(2)4-3-13-11-10(18(19)20)12(15-9-14-11)17-5-7-21-8-6-17/h9H,3-8H2,1-2H3,(H,13,14,15)/p+1. The van der Waals surface area contributed by atoms with Crippen molar-refractivity contribution in [2.75, 3.05) is 63.7 Å². The summed E-state index contributed by atoms with van der Waals surface area (Å²) in [5, 5.41) is 14.4. The summed E-state index contributed by atoms with van der Waals surface area (Å²) >= 11 is 0. The highest BCUT2D eigenvalue weighted by atomic mass is 16.6. The number of anilines is 2. The number of nitro groups is 1. The first-order valence-corrected chi connectivity index (χ1v) is 6.94. The molecule has 0 aromatic carbocycles. The molecule has 0 atom stereocenters. The van der Waals surface area contributed by atoms with Gasteiger partial charge in [0.05, 0.1) is 45.3 Å². The van der Waals surface area contributed by atoms with Gasteiger partial charge in [-0.1, -0.05) is 0 Å². The number of morpholine rings is 1. The number of ether oxygens (including phenoxy) is 1. The van der Waals surface area contributed by atoms with Crippen LogP contribution in [0, 0.1) is 10.1 Å². The predicted molar refractivity (Wildman–Crippen MR) is 77.9 cm³/mol. The van der Waals surface area contributed by atoms with E-state index in [2.05, 4.69) is 15.3 Å². The van der Waals surface area contributed by atoms with Crippen LogP contribution in [0.5, 0.6) is 0 Å². The molecular weight excluding hydrogens is 276 g/mol. The molecule has 116 valence electrons. The van der Waals surface area contributed by atoms with Crippen molar-refractivity contribution in [1.82, 2.24) is 9.97 Å². The Labute approximate surface area is 123 Å². The largest absolute Gasteiger partial charge is 0.378 e. The number of hydrogen-bond acceptors (Lipinski definition) is 7. The summed E-state index contributed by atoms with van der Waals surface area (Å²) in [5.41, 5.74) is -0.0619. The number of nitrogens with one attached hydrogen (secondary N) is 2. The number of hydrogen-bond donors (Lipinski definition) is 2. The van der Waals surface area contributed by atoms with Crippen LogP contribution in [-0.4, -0.2) is 68.4 Å². The van der Waals surface area contributed by atoms with Gasteiger partial charge in [0.2, 0.25) is 11.6 Å². The van der Waals surface area contributed by atoms with E-state index in [4.69, 9.17) is 4.74 Å². The zero-order chi connectivity index (χ0) is 15.2. The number of nitrogens with zero attached hydrogens (tertiary/aromatic N) is 4. The molecule has 1 aromatic rings. The first-order chi connectivity index (χ1) is 10.1. The van der Waals surface area contributed by atoms with E-state index in [1.807, 2.05) is 19.0 Å². The van der Waals surface area contributed by atoms with Crippen LogP contribution in [0.1, 0.15) is 0 Å². The number of likely N-dealkylation sites (N-methyl/N-ethyl adjacent to an activating group) is 1. The average Bonchev–Trinajstić information content (AvgIpc) is 2.47. The van der Waals surface area contributed by atoms with Gasteiger partial charge in [0.25, 0.3) is 0 Å². The molecule has 2 rings (SSSR count). The summed E-state index contributed by atoms with van der Waals surface area (Å²) in [7, 11) is 4.05. The van der Waals surface area contributed by atoms with E-state index < -0.39 is 4.92 Å². The van der Waals surface area contributed by atoms with Crippen LogP contribution in [-0.2, 0) is 4.74 Å². The lowest BCUT2D eigenvalue weighted by Crippen LogP contribution is -3.06. The summed E-state index contributed by atoms with van der Waals surface area (Å²) < 4.78 is 5.27. The minimum Gasteiger partial charge on any atom is -0.378 e. The van der Waals surface area contributed by atoms with E-state index in [9.17, 15) is 10.1 Å². The smallest absolute Gasteiger partial charge is 0.353 e. The molecule has 1 aliphatic rings. The average molecular weight is 297 g/mol. The van der Waals surface area contributed by atoms with Gasteiger partial charge >= 0.3 is 5.69 Å². The SMILES string of the molecule is C[NH+](C)CCNc1ncnc(N2CCOCC2)c1[N+](=O)[O-]. The highest BCUT2D eigenvalue weighted by Crippen LogP contribution is 2.31. The fraction of sp³-hybridized carbons (Fsp3) is 0.667. The first kappa shape index (κ1) is 15.4. The maximum atomic E-state index is 11.4. The second kappa shape index (κ2) is 7.14. The Kier molecular flexibility index (Phi) is 5.23. The molecule has 1 fully saturated rings. The Morgan fingerprint density at radius 1 is 1.43 bits per heavy atom. The van der Waals surface area contributed by atoms with Crippen LogP contribution < -0.4 is 15.1 Å². The van der Waals surface area contributed by atoms with Crippen LogP contribution in [0.3, 0.4) is 0 Å².